The van der Waals surface area contributed by atoms with E-state index in [0.29, 0.717) is 0 Å². The molecule has 0 heterocycles. The van der Waals surface area contributed by atoms with E-state index in [-0.39, 0.29) is 0 Å². The third-order valence-corrected chi connectivity index (χ3v) is 3.60. The molecule has 0 radical (unpaired) electrons. The minimum Gasteiger partial charge on any atom is -0.303 e. The van der Waals surface area contributed by atoms with Crippen molar-refractivity contribution in [3.63, 3.8) is 0 Å². The molecule has 0 atom stereocenters. The van der Waals surface area contributed by atoms with Gasteiger partial charge >= 0.3 is 0 Å². The van der Waals surface area contributed by atoms with Crippen LogP contribution in [0.5, 0.6) is 0 Å². The quantitative estimate of drug-likeness (QED) is 0.624. The average Bonchev–Trinajstić information content (AvgIpc) is 2.94. The molecule has 0 aromatic heterocycles. The fourth-order valence-corrected chi connectivity index (χ4v) is 2.12. The van der Waals surface area contributed by atoms with Crippen LogP contribution in [0, 0.1) is 11.8 Å². The van der Waals surface area contributed by atoms with E-state index >= 15 is 0 Å². The van der Waals surface area contributed by atoms with Gasteiger partial charge in [-0.05, 0) is 50.5 Å². The van der Waals surface area contributed by atoms with Crippen molar-refractivity contribution in [3.8, 4) is 0 Å². The van der Waals surface area contributed by atoms with Gasteiger partial charge in [-0.1, -0.05) is 15.9 Å². The molecular formula is C11H20BrN. The van der Waals surface area contributed by atoms with Gasteiger partial charge in [0.05, 0.1) is 0 Å². The van der Waals surface area contributed by atoms with Gasteiger partial charge in [0.2, 0.25) is 0 Å². The SMILES string of the molecule is BrCCCN(CC1CC1)CC1CC1. The topological polar surface area (TPSA) is 3.24 Å². The largest absolute Gasteiger partial charge is 0.303 e. The second-order valence-electron chi connectivity index (χ2n) is 4.69. The highest BCUT2D eigenvalue weighted by Crippen LogP contribution is 2.33. The monoisotopic (exact) mass is 245 g/mol. The lowest BCUT2D eigenvalue weighted by Gasteiger charge is -2.21. The first-order valence-electron chi connectivity index (χ1n) is 5.67. The highest BCUT2D eigenvalue weighted by atomic mass is 79.9. The highest BCUT2D eigenvalue weighted by molar-refractivity contribution is 9.09. The summed E-state index contributed by atoms with van der Waals surface area (Å²) in [7, 11) is 0. The maximum Gasteiger partial charge on any atom is 0.00434 e. The van der Waals surface area contributed by atoms with Crippen LogP contribution in [0.4, 0.5) is 0 Å². The Bertz CT molecular complexity index is 138. The molecule has 1 nitrogen and oxygen atoms in total. The Hall–Kier alpha value is 0.440. The van der Waals surface area contributed by atoms with E-state index in [1.165, 1.54) is 57.1 Å². The molecular weight excluding hydrogens is 226 g/mol. The zero-order chi connectivity index (χ0) is 9.10. The highest BCUT2D eigenvalue weighted by Gasteiger charge is 2.28. The van der Waals surface area contributed by atoms with Crippen LogP contribution in [0.15, 0.2) is 0 Å². The van der Waals surface area contributed by atoms with Crippen molar-refractivity contribution in [1.29, 1.82) is 0 Å². The summed E-state index contributed by atoms with van der Waals surface area (Å²) < 4.78 is 0. The summed E-state index contributed by atoms with van der Waals surface area (Å²) in [5.74, 6) is 2.13. The van der Waals surface area contributed by atoms with Crippen LogP contribution in [0.1, 0.15) is 32.1 Å². The number of rotatable bonds is 7. The average molecular weight is 246 g/mol. The predicted octanol–water partition coefficient (Wildman–Crippen LogP) is 2.89. The van der Waals surface area contributed by atoms with Gasteiger partial charge in [-0.3, -0.25) is 0 Å². The van der Waals surface area contributed by atoms with Gasteiger partial charge in [0, 0.05) is 18.4 Å². The third kappa shape index (κ3) is 3.99. The molecule has 0 aromatic carbocycles. The van der Waals surface area contributed by atoms with Crippen molar-refractivity contribution in [2.75, 3.05) is 25.0 Å². The Balaban J connectivity index is 1.64. The van der Waals surface area contributed by atoms with E-state index < -0.39 is 0 Å². The molecule has 2 aliphatic carbocycles. The second kappa shape index (κ2) is 4.79. The van der Waals surface area contributed by atoms with Crippen molar-refractivity contribution in [1.82, 2.24) is 4.90 Å². The van der Waals surface area contributed by atoms with Gasteiger partial charge in [0.25, 0.3) is 0 Å². The molecule has 0 amide bonds. The van der Waals surface area contributed by atoms with E-state index in [1.54, 1.807) is 0 Å². The molecule has 76 valence electrons. The van der Waals surface area contributed by atoms with Crippen molar-refractivity contribution in [2.45, 2.75) is 32.1 Å². The molecule has 2 rings (SSSR count). The Kier molecular flexibility index (Phi) is 3.67. The van der Waals surface area contributed by atoms with Crippen LogP contribution in [0.2, 0.25) is 0 Å². The second-order valence-corrected chi connectivity index (χ2v) is 5.48. The number of hydrogen-bond donors (Lipinski definition) is 0. The first-order valence-corrected chi connectivity index (χ1v) is 6.79. The molecule has 0 spiro atoms. The molecule has 2 fully saturated rings. The lowest BCUT2D eigenvalue weighted by molar-refractivity contribution is 0.254. The minimum atomic E-state index is 1.06. The number of hydrogen-bond acceptors (Lipinski definition) is 1. The van der Waals surface area contributed by atoms with E-state index in [0.717, 1.165) is 11.8 Å². The summed E-state index contributed by atoms with van der Waals surface area (Å²) in [6.45, 7) is 4.10. The number of halogens is 1. The number of alkyl halides is 1. The fraction of sp³-hybridized carbons (Fsp3) is 1.00. The summed E-state index contributed by atoms with van der Waals surface area (Å²) >= 11 is 3.51. The van der Waals surface area contributed by atoms with Crippen LogP contribution >= 0.6 is 15.9 Å². The smallest absolute Gasteiger partial charge is 0.00434 e. The summed E-state index contributed by atoms with van der Waals surface area (Å²) in [5, 5.41) is 1.17. The molecule has 2 saturated carbocycles. The Morgan fingerprint density at radius 1 is 1.00 bits per heavy atom. The summed E-state index contributed by atoms with van der Waals surface area (Å²) in [5.41, 5.74) is 0. The standard InChI is InChI=1S/C11H20BrN/c12-6-1-7-13(8-10-2-3-10)9-11-4-5-11/h10-11H,1-9H2. The van der Waals surface area contributed by atoms with Crippen molar-refractivity contribution >= 4 is 15.9 Å². The van der Waals surface area contributed by atoms with Gasteiger partial charge < -0.3 is 4.90 Å². The molecule has 0 saturated heterocycles. The Morgan fingerprint density at radius 3 is 1.92 bits per heavy atom. The minimum absolute atomic E-state index is 1.06. The van der Waals surface area contributed by atoms with Gasteiger partial charge in [-0.15, -0.1) is 0 Å². The zero-order valence-electron chi connectivity index (χ0n) is 8.34. The predicted molar refractivity (Wildman–Crippen MR) is 60.3 cm³/mol. The molecule has 0 unspecified atom stereocenters. The lowest BCUT2D eigenvalue weighted by Crippen LogP contribution is -2.29. The third-order valence-electron chi connectivity index (χ3n) is 3.03. The van der Waals surface area contributed by atoms with Gasteiger partial charge in [-0.2, -0.15) is 0 Å². The molecule has 2 aliphatic rings. The summed E-state index contributed by atoms with van der Waals surface area (Å²) in [6, 6.07) is 0. The fourth-order valence-electron chi connectivity index (χ4n) is 1.87. The van der Waals surface area contributed by atoms with E-state index in [1.807, 2.05) is 0 Å². The van der Waals surface area contributed by atoms with E-state index in [9.17, 15) is 0 Å². The maximum absolute atomic E-state index is 3.51. The first kappa shape index (κ1) is 9.97. The lowest BCUT2D eigenvalue weighted by atomic mass is 10.3. The molecule has 0 aromatic rings. The summed E-state index contributed by atoms with van der Waals surface area (Å²) in [6.07, 6.45) is 7.30. The molecule has 13 heavy (non-hydrogen) atoms. The van der Waals surface area contributed by atoms with Gasteiger partial charge in [-0.25, -0.2) is 0 Å². The van der Waals surface area contributed by atoms with E-state index in [2.05, 4.69) is 20.8 Å². The molecule has 0 aliphatic heterocycles. The van der Waals surface area contributed by atoms with Crippen LogP contribution < -0.4 is 0 Å². The van der Waals surface area contributed by atoms with E-state index in [4.69, 9.17) is 0 Å². The molecule has 0 bridgehead atoms. The van der Waals surface area contributed by atoms with Crippen LogP contribution in [0.25, 0.3) is 0 Å². The van der Waals surface area contributed by atoms with Gasteiger partial charge in [0.15, 0.2) is 0 Å². The van der Waals surface area contributed by atoms with Crippen molar-refractivity contribution < 1.29 is 0 Å². The van der Waals surface area contributed by atoms with Crippen LogP contribution in [0.3, 0.4) is 0 Å². The van der Waals surface area contributed by atoms with Crippen LogP contribution in [-0.2, 0) is 0 Å². The molecule has 0 N–H and O–H groups in total. The van der Waals surface area contributed by atoms with Crippen LogP contribution in [-0.4, -0.2) is 29.9 Å². The Morgan fingerprint density at radius 2 is 1.54 bits per heavy atom. The van der Waals surface area contributed by atoms with Gasteiger partial charge in [0.1, 0.15) is 0 Å². The number of nitrogens with zero attached hydrogens (tertiary/aromatic N) is 1. The van der Waals surface area contributed by atoms with Crippen molar-refractivity contribution in [3.05, 3.63) is 0 Å². The Labute approximate surface area is 90.0 Å². The maximum atomic E-state index is 3.51. The molecule has 2 heteroatoms. The zero-order valence-corrected chi connectivity index (χ0v) is 9.93. The first-order chi connectivity index (χ1) is 6.38. The summed E-state index contributed by atoms with van der Waals surface area (Å²) in [4.78, 5) is 2.70. The van der Waals surface area contributed by atoms with Crippen molar-refractivity contribution in [2.24, 2.45) is 11.8 Å². The normalized spacial score (nSPS) is 22.6.